The second-order valence-electron chi connectivity index (χ2n) is 9.28. The van der Waals surface area contributed by atoms with Gasteiger partial charge in [-0.3, -0.25) is 4.79 Å². The molecular formula is C21H34ClNO4Si. The third kappa shape index (κ3) is 6.04. The van der Waals surface area contributed by atoms with Gasteiger partial charge in [0.25, 0.3) is 0 Å². The summed E-state index contributed by atoms with van der Waals surface area (Å²) < 4.78 is 6.54. The zero-order valence-corrected chi connectivity index (χ0v) is 19.3. The van der Waals surface area contributed by atoms with Gasteiger partial charge >= 0.3 is 0 Å². The minimum Gasteiger partial charge on any atom is -0.412 e. The zero-order valence-electron chi connectivity index (χ0n) is 17.6. The van der Waals surface area contributed by atoms with E-state index in [1.165, 1.54) is 0 Å². The molecule has 1 aliphatic heterocycles. The second kappa shape index (κ2) is 9.26. The summed E-state index contributed by atoms with van der Waals surface area (Å²) in [7, 11) is -2.12. The van der Waals surface area contributed by atoms with Crippen LogP contribution in [0.3, 0.4) is 0 Å². The molecule has 1 aromatic rings. The van der Waals surface area contributed by atoms with Crippen LogP contribution in [0.5, 0.6) is 0 Å². The number of aliphatic hydroxyl groups excluding tert-OH is 2. The number of aliphatic hydroxyl groups is 2. The summed E-state index contributed by atoms with van der Waals surface area (Å²) in [6, 6.07) is 9.74. The molecule has 1 saturated heterocycles. The Morgan fingerprint density at radius 1 is 1.14 bits per heavy atom. The molecule has 1 heterocycles. The molecule has 0 bridgehead atoms. The SMILES string of the molecule is CC(C)(C)[Si](C)(C)O[C@@H]1C[C@H](O)[C@@H](O)C[C@@H](Cl)C(=O)N(Cc2ccccc2)C1. The largest absolute Gasteiger partial charge is 0.412 e. The molecule has 0 radical (unpaired) electrons. The zero-order chi connectivity index (χ0) is 21.1. The smallest absolute Gasteiger partial charge is 0.241 e. The van der Waals surface area contributed by atoms with Crippen molar-refractivity contribution in [3.8, 4) is 0 Å². The lowest BCUT2D eigenvalue weighted by molar-refractivity contribution is -0.133. The van der Waals surface area contributed by atoms with Crippen LogP contribution < -0.4 is 0 Å². The number of benzene rings is 1. The Morgan fingerprint density at radius 2 is 1.71 bits per heavy atom. The van der Waals surface area contributed by atoms with Crippen molar-refractivity contribution in [2.24, 2.45) is 0 Å². The van der Waals surface area contributed by atoms with Gasteiger partial charge in [0.2, 0.25) is 5.91 Å². The summed E-state index contributed by atoms with van der Waals surface area (Å²) >= 11 is 6.30. The van der Waals surface area contributed by atoms with Crippen molar-refractivity contribution in [1.29, 1.82) is 0 Å². The van der Waals surface area contributed by atoms with Gasteiger partial charge in [-0.05, 0) is 23.7 Å². The third-order valence-electron chi connectivity index (χ3n) is 5.88. The van der Waals surface area contributed by atoms with Crippen molar-refractivity contribution in [1.82, 2.24) is 4.90 Å². The van der Waals surface area contributed by atoms with Crippen LogP contribution in [-0.4, -0.2) is 59.6 Å². The molecule has 1 amide bonds. The normalized spacial score (nSPS) is 27.9. The minimum absolute atomic E-state index is 0.00170. The molecule has 1 aliphatic rings. The lowest BCUT2D eigenvalue weighted by Crippen LogP contribution is -2.49. The van der Waals surface area contributed by atoms with Crippen molar-refractivity contribution >= 4 is 25.8 Å². The molecule has 28 heavy (non-hydrogen) atoms. The molecule has 0 aromatic heterocycles. The number of halogens is 1. The average molecular weight is 428 g/mol. The molecule has 7 heteroatoms. The van der Waals surface area contributed by atoms with E-state index in [2.05, 4.69) is 33.9 Å². The van der Waals surface area contributed by atoms with Gasteiger partial charge in [-0.15, -0.1) is 11.6 Å². The Hall–Kier alpha value is -0.923. The molecule has 0 unspecified atom stereocenters. The van der Waals surface area contributed by atoms with Gasteiger partial charge < -0.3 is 19.5 Å². The van der Waals surface area contributed by atoms with E-state index in [1.807, 2.05) is 30.3 Å². The number of hydrogen-bond acceptors (Lipinski definition) is 4. The fourth-order valence-electron chi connectivity index (χ4n) is 3.13. The van der Waals surface area contributed by atoms with Gasteiger partial charge in [0, 0.05) is 25.9 Å². The third-order valence-corrected chi connectivity index (χ3v) is 10.8. The summed E-state index contributed by atoms with van der Waals surface area (Å²) in [4.78, 5) is 14.7. The van der Waals surface area contributed by atoms with Gasteiger partial charge in [-0.1, -0.05) is 51.1 Å². The van der Waals surface area contributed by atoms with Gasteiger partial charge in [0.05, 0.1) is 18.3 Å². The van der Waals surface area contributed by atoms with Crippen LogP contribution in [0, 0.1) is 0 Å². The number of carbonyl (C=O) groups is 1. The highest BCUT2D eigenvalue weighted by molar-refractivity contribution is 6.74. The van der Waals surface area contributed by atoms with Gasteiger partial charge in [-0.25, -0.2) is 0 Å². The Bertz CT molecular complexity index is 650. The maximum absolute atomic E-state index is 13.0. The molecule has 0 spiro atoms. The van der Waals surface area contributed by atoms with Crippen molar-refractivity contribution in [2.45, 2.75) is 82.0 Å². The lowest BCUT2D eigenvalue weighted by atomic mass is 10.0. The second-order valence-corrected chi connectivity index (χ2v) is 14.6. The van der Waals surface area contributed by atoms with Crippen LogP contribution in [0.4, 0.5) is 0 Å². The molecular weight excluding hydrogens is 394 g/mol. The quantitative estimate of drug-likeness (QED) is 0.569. The van der Waals surface area contributed by atoms with Crippen LogP contribution in [-0.2, 0) is 15.8 Å². The van der Waals surface area contributed by atoms with Crippen LogP contribution in [0.2, 0.25) is 18.1 Å². The first-order valence-electron chi connectivity index (χ1n) is 9.91. The number of nitrogens with zero attached hydrogens (tertiary/aromatic N) is 1. The van der Waals surface area contributed by atoms with Crippen LogP contribution >= 0.6 is 11.6 Å². The molecule has 4 atom stereocenters. The Balaban J connectivity index is 2.30. The van der Waals surface area contributed by atoms with Gasteiger partial charge in [0.1, 0.15) is 5.38 Å². The number of carbonyl (C=O) groups excluding carboxylic acids is 1. The highest BCUT2D eigenvalue weighted by Crippen LogP contribution is 2.38. The topological polar surface area (TPSA) is 70.0 Å². The monoisotopic (exact) mass is 427 g/mol. The van der Waals surface area contributed by atoms with Crippen molar-refractivity contribution < 1.29 is 19.4 Å². The maximum atomic E-state index is 13.0. The number of amides is 1. The first-order chi connectivity index (χ1) is 12.9. The van der Waals surface area contributed by atoms with E-state index < -0.39 is 25.9 Å². The predicted octanol–water partition coefficient (Wildman–Crippen LogP) is 3.53. The molecule has 1 aromatic carbocycles. The van der Waals surface area contributed by atoms with E-state index in [-0.39, 0.29) is 29.9 Å². The van der Waals surface area contributed by atoms with Crippen molar-refractivity contribution in [3.05, 3.63) is 35.9 Å². The Kier molecular flexibility index (Phi) is 7.73. The number of rotatable bonds is 4. The van der Waals surface area contributed by atoms with E-state index in [1.54, 1.807) is 4.90 Å². The summed E-state index contributed by atoms with van der Waals surface area (Å²) in [5.41, 5.74) is 1.01. The lowest BCUT2D eigenvalue weighted by Gasteiger charge is -2.41. The summed E-state index contributed by atoms with van der Waals surface area (Å²) in [6.07, 6.45) is -2.08. The highest BCUT2D eigenvalue weighted by Gasteiger charge is 2.41. The molecule has 158 valence electrons. The molecule has 1 fully saturated rings. The number of hydrogen-bond donors (Lipinski definition) is 2. The van der Waals surface area contributed by atoms with Crippen LogP contribution in [0.1, 0.15) is 39.2 Å². The van der Waals surface area contributed by atoms with E-state index in [4.69, 9.17) is 16.0 Å². The summed E-state index contributed by atoms with van der Waals surface area (Å²) in [6.45, 7) is 11.5. The van der Waals surface area contributed by atoms with E-state index >= 15 is 0 Å². The standard InChI is InChI=1S/C21H34ClNO4Si/c1-21(2,3)28(4,5)27-16-11-18(24)19(25)12-17(22)20(26)23(14-16)13-15-9-7-6-8-10-15/h6-10,16-19,24-25H,11-14H2,1-5H3/t16-,17-,18+,19+/m1/s1. The Morgan fingerprint density at radius 3 is 2.29 bits per heavy atom. The molecule has 2 N–H and O–H groups in total. The fourth-order valence-corrected chi connectivity index (χ4v) is 4.81. The molecule has 0 aliphatic carbocycles. The molecule has 2 rings (SSSR count). The van der Waals surface area contributed by atoms with Gasteiger partial charge in [0.15, 0.2) is 8.32 Å². The first-order valence-corrected chi connectivity index (χ1v) is 13.3. The number of alkyl halides is 1. The first kappa shape index (κ1) is 23.4. The van der Waals surface area contributed by atoms with Crippen molar-refractivity contribution in [3.63, 3.8) is 0 Å². The van der Waals surface area contributed by atoms with Crippen LogP contribution in [0.15, 0.2) is 30.3 Å². The summed E-state index contributed by atoms with van der Waals surface area (Å²) in [5.74, 6) is -0.234. The van der Waals surface area contributed by atoms with E-state index in [9.17, 15) is 15.0 Å². The van der Waals surface area contributed by atoms with Crippen molar-refractivity contribution in [2.75, 3.05) is 6.54 Å². The van der Waals surface area contributed by atoms with E-state index in [0.717, 1.165) is 5.56 Å². The maximum Gasteiger partial charge on any atom is 0.241 e. The Labute approximate surface area is 174 Å². The highest BCUT2D eigenvalue weighted by atomic mass is 35.5. The fraction of sp³-hybridized carbons (Fsp3) is 0.667. The van der Waals surface area contributed by atoms with Gasteiger partial charge in [-0.2, -0.15) is 0 Å². The molecule has 0 saturated carbocycles. The average Bonchev–Trinajstić information content (AvgIpc) is 2.62. The van der Waals surface area contributed by atoms with E-state index in [0.29, 0.717) is 13.1 Å². The molecule has 5 nitrogen and oxygen atoms in total. The summed E-state index contributed by atoms with van der Waals surface area (Å²) in [5, 5.41) is 19.9. The predicted molar refractivity (Wildman–Crippen MR) is 115 cm³/mol. The minimum atomic E-state index is -2.12. The van der Waals surface area contributed by atoms with Crippen LogP contribution in [0.25, 0.3) is 0 Å².